The summed E-state index contributed by atoms with van der Waals surface area (Å²) in [6.45, 7) is 7.02. The minimum atomic E-state index is -0.342. The summed E-state index contributed by atoms with van der Waals surface area (Å²) in [6, 6.07) is 15.5. The summed E-state index contributed by atoms with van der Waals surface area (Å²) >= 11 is 0. The summed E-state index contributed by atoms with van der Waals surface area (Å²) in [6.07, 6.45) is 1.37. The van der Waals surface area contributed by atoms with E-state index in [1.54, 1.807) is 12.1 Å². The lowest BCUT2D eigenvalue weighted by molar-refractivity contribution is -0.384. The van der Waals surface area contributed by atoms with E-state index >= 15 is 0 Å². The maximum Gasteiger partial charge on any atom is 0.292 e. The average molecular weight is 453 g/mol. The van der Waals surface area contributed by atoms with Crippen LogP contribution < -0.4 is 10.2 Å². The quantitative estimate of drug-likeness (QED) is 0.512. The molecule has 1 atom stereocenters. The molecule has 2 aromatic rings. The van der Waals surface area contributed by atoms with E-state index in [1.165, 1.54) is 17.2 Å². The maximum absolute atomic E-state index is 13.0. The molecule has 1 unspecified atom stereocenters. The largest absolute Gasteiger partial charge is 0.379 e. The Balaban J connectivity index is 1.36. The van der Waals surface area contributed by atoms with Gasteiger partial charge in [-0.25, -0.2) is 0 Å². The van der Waals surface area contributed by atoms with Gasteiger partial charge in [-0.2, -0.15) is 0 Å². The first-order valence-corrected chi connectivity index (χ1v) is 11.7. The zero-order valence-electron chi connectivity index (χ0n) is 19.1. The Labute approximate surface area is 194 Å². The number of aryl methyl sites for hydroxylation is 1. The minimum absolute atomic E-state index is 0.0718. The number of nitro benzene ring substituents is 1. The van der Waals surface area contributed by atoms with Gasteiger partial charge in [0.1, 0.15) is 5.69 Å². The normalized spacial score (nSPS) is 18.6. The summed E-state index contributed by atoms with van der Waals surface area (Å²) < 4.78 is 5.52. The number of carbonyl (C=O) groups excluding carboxylic acids is 1. The van der Waals surface area contributed by atoms with Gasteiger partial charge in [0, 0.05) is 44.7 Å². The van der Waals surface area contributed by atoms with E-state index in [-0.39, 0.29) is 28.5 Å². The molecule has 2 saturated heterocycles. The van der Waals surface area contributed by atoms with Gasteiger partial charge in [0.05, 0.1) is 24.2 Å². The Morgan fingerprint density at radius 3 is 2.42 bits per heavy atom. The number of hydrogen-bond acceptors (Lipinski definition) is 6. The average Bonchev–Trinajstić information content (AvgIpc) is 2.86. The molecule has 8 heteroatoms. The van der Waals surface area contributed by atoms with Gasteiger partial charge in [0.15, 0.2) is 0 Å². The van der Waals surface area contributed by atoms with Crippen LogP contribution in [0.25, 0.3) is 0 Å². The Bertz CT molecular complexity index is 951. The van der Waals surface area contributed by atoms with Gasteiger partial charge in [-0.05, 0) is 31.4 Å². The van der Waals surface area contributed by atoms with Crippen LogP contribution in [0.4, 0.5) is 11.4 Å². The lowest BCUT2D eigenvalue weighted by atomic mass is 9.95. The molecule has 33 heavy (non-hydrogen) atoms. The zero-order valence-corrected chi connectivity index (χ0v) is 19.1. The van der Waals surface area contributed by atoms with Crippen LogP contribution in [0.3, 0.4) is 0 Å². The topological polar surface area (TPSA) is 88.0 Å². The van der Waals surface area contributed by atoms with E-state index in [2.05, 4.69) is 41.4 Å². The van der Waals surface area contributed by atoms with Crippen LogP contribution in [0.15, 0.2) is 48.5 Å². The summed E-state index contributed by atoms with van der Waals surface area (Å²) in [5.41, 5.74) is 3.17. The number of amides is 1. The lowest BCUT2D eigenvalue weighted by Gasteiger charge is -2.36. The van der Waals surface area contributed by atoms with Crippen molar-refractivity contribution in [1.82, 2.24) is 10.2 Å². The molecule has 0 saturated carbocycles. The number of benzene rings is 2. The molecule has 0 spiro atoms. The molecule has 2 aromatic carbocycles. The van der Waals surface area contributed by atoms with Crippen LogP contribution in [0.2, 0.25) is 0 Å². The van der Waals surface area contributed by atoms with Crippen molar-refractivity contribution in [1.29, 1.82) is 0 Å². The van der Waals surface area contributed by atoms with Crippen LogP contribution >= 0.6 is 0 Å². The molecular formula is C25H32N4O4. The highest BCUT2D eigenvalue weighted by atomic mass is 16.6. The Hall–Kier alpha value is -2.97. The predicted molar refractivity (Wildman–Crippen MR) is 127 cm³/mol. The molecule has 2 fully saturated rings. The second-order valence-corrected chi connectivity index (χ2v) is 8.83. The fraction of sp³-hybridized carbons (Fsp3) is 0.480. The number of carbonyl (C=O) groups is 1. The molecule has 1 amide bonds. The molecule has 0 aromatic heterocycles. The van der Waals surface area contributed by atoms with E-state index in [0.717, 1.165) is 13.1 Å². The number of nitrogens with one attached hydrogen (secondary N) is 1. The third-order valence-electron chi connectivity index (χ3n) is 6.70. The number of ether oxygens (including phenoxy) is 1. The third kappa shape index (κ3) is 5.69. The highest BCUT2D eigenvalue weighted by Crippen LogP contribution is 2.31. The van der Waals surface area contributed by atoms with E-state index in [1.807, 2.05) is 11.0 Å². The minimum Gasteiger partial charge on any atom is -0.379 e. The highest BCUT2D eigenvalue weighted by Gasteiger charge is 2.29. The summed E-state index contributed by atoms with van der Waals surface area (Å²) in [4.78, 5) is 28.4. The molecule has 0 radical (unpaired) electrons. The van der Waals surface area contributed by atoms with Crippen LogP contribution in [0.1, 0.15) is 30.0 Å². The van der Waals surface area contributed by atoms with Gasteiger partial charge >= 0.3 is 0 Å². The van der Waals surface area contributed by atoms with Crippen molar-refractivity contribution in [3.05, 3.63) is 69.8 Å². The molecule has 2 aliphatic heterocycles. The molecule has 0 bridgehead atoms. The van der Waals surface area contributed by atoms with Gasteiger partial charge in [-0.3, -0.25) is 19.8 Å². The zero-order chi connectivity index (χ0) is 23.2. The van der Waals surface area contributed by atoms with Crippen molar-refractivity contribution in [2.24, 2.45) is 5.92 Å². The van der Waals surface area contributed by atoms with Gasteiger partial charge in [0.2, 0.25) is 5.91 Å². The molecule has 1 N–H and O–H groups in total. The first-order chi connectivity index (χ1) is 16.0. The number of piperidine rings is 1. The van der Waals surface area contributed by atoms with Crippen molar-refractivity contribution in [3.63, 3.8) is 0 Å². The van der Waals surface area contributed by atoms with Crippen molar-refractivity contribution in [2.75, 3.05) is 50.8 Å². The molecule has 2 aliphatic rings. The van der Waals surface area contributed by atoms with Crippen molar-refractivity contribution < 1.29 is 14.5 Å². The SMILES string of the molecule is Cc1ccc(C(CNC(=O)C2CCN(c3ccccc3[N+](=O)[O-])CC2)N2CCOCC2)cc1. The smallest absolute Gasteiger partial charge is 0.292 e. The fourth-order valence-corrected chi connectivity index (χ4v) is 4.75. The number of morpholine rings is 1. The van der Waals surface area contributed by atoms with Crippen molar-refractivity contribution in [3.8, 4) is 0 Å². The van der Waals surface area contributed by atoms with Gasteiger partial charge < -0.3 is 15.0 Å². The van der Waals surface area contributed by atoms with E-state index in [4.69, 9.17) is 4.74 Å². The predicted octanol–water partition coefficient (Wildman–Crippen LogP) is 3.31. The molecule has 8 nitrogen and oxygen atoms in total. The first-order valence-electron chi connectivity index (χ1n) is 11.7. The van der Waals surface area contributed by atoms with Crippen molar-refractivity contribution in [2.45, 2.75) is 25.8 Å². The standard InChI is InChI=1S/C25H32N4O4/c1-19-6-8-20(9-7-19)24(28-14-16-33-17-15-28)18-26-25(30)21-10-12-27(13-11-21)22-4-2-3-5-23(22)29(31)32/h2-9,21,24H,10-18H2,1H3,(H,26,30). The number of rotatable bonds is 7. The van der Waals surface area contributed by atoms with Gasteiger partial charge in [0.25, 0.3) is 5.69 Å². The summed E-state index contributed by atoms with van der Waals surface area (Å²) in [7, 11) is 0. The molecule has 0 aliphatic carbocycles. The highest BCUT2D eigenvalue weighted by molar-refractivity contribution is 5.79. The van der Waals surface area contributed by atoms with E-state index in [0.29, 0.717) is 51.4 Å². The van der Waals surface area contributed by atoms with E-state index < -0.39 is 0 Å². The number of nitro groups is 1. The van der Waals surface area contributed by atoms with Crippen molar-refractivity contribution >= 4 is 17.3 Å². The summed E-state index contributed by atoms with van der Waals surface area (Å²) in [5.74, 6) is -0.00467. The Kier molecular flexibility index (Phi) is 7.57. The fourth-order valence-electron chi connectivity index (χ4n) is 4.75. The molecular weight excluding hydrogens is 420 g/mol. The molecule has 4 rings (SSSR count). The number of hydrogen-bond donors (Lipinski definition) is 1. The van der Waals surface area contributed by atoms with E-state index in [9.17, 15) is 14.9 Å². The Morgan fingerprint density at radius 1 is 1.09 bits per heavy atom. The number of para-hydroxylation sites is 2. The number of nitrogens with zero attached hydrogens (tertiary/aromatic N) is 3. The van der Waals surface area contributed by atoms with Gasteiger partial charge in [-0.15, -0.1) is 0 Å². The monoisotopic (exact) mass is 452 g/mol. The maximum atomic E-state index is 13.0. The lowest BCUT2D eigenvalue weighted by Crippen LogP contribution is -2.46. The summed E-state index contributed by atoms with van der Waals surface area (Å²) in [5, 5.41) is 14.6. The van der Waals surface area contributed by atoms with Crippen LogP contribution in [0.5, 0.6) is 0 Å². The molecule has 176 valence electrons. The molecule has 2 heterocycles. The van der Waals surface area contributed by atoms with Crippen LogP contribution in [-0.2, 0) is 9.53 Å². The van der Waals surface area contributed by atoms with Crippen LogP contribution in [0, 0.1) is 23.0 Å². The Morgan fingerprint density at radius 2 is 1.76 bits per heavy atom. The van der Waals surface area contributed by atoms with Gasteiger partial charge in [-0.1, -0.05) is 42.0 Å². The van der Waals surface area contributed by atoms with Crippen LogP contribution in [-0.4, -0.2) is 61.7 Å². The second-order valence-electron chi connectivity index (χ2n) is 8.83. The second kappa shape index (κ2) is 10.8. The first kappa shape index (κ1) is 23.2. The number of anilines is 1. The third-order valence-corrected chi connectivity index (χ3v) is 6.70.